The van der Waals surface area contributed by atoms with E-state index in [-0.39, 0.29) is 22.2 Å². The summed E-state index contributed by atoms with van der Waals surface area (Å²) in [6.07, 6.45) is 1.27. The van der Waals surface area contributed by atoms with Gasteiger partial charge >= 0.3 is 0 Å². The van der Waals surface area contributed by atoms with Crippen molar-refractivity contribution in [1.29, 1.82) is 0 Å². The number of hydrogen-bond acceptors (Lipinski definition) is 8. The van der Waals surface area contributed by atoms with Crippen molar-refractivity contribution in [2.75, 3.05) is 23.3 Å². The third kappa shape index (κ3) is 7.11. The number of nitrogens with one attached hydrogen (secondary N) is 2. The number of hydrazone groups is 1. The molecule has 0 heterocycles. The lowest BCUT2D eigenvalue weighted by atomic mass is 10.2. The maximum absolute atomic E-state index is 13.5. The number of nitro benzene ring substituents is 1. The van der Waals surface area contributed by atoms with Gasteiger partial charge in [-0.2, -0.15) is 5.10 Å². The van der Waals surface area contributed by atoms with Crippen LogP contribution in [0.3, 0.4) is 0 Å². The Labute approximate surface area is 212 Å². The number of ether oxygens (including phenoxy) is 1. The first-order valence-electron chi connectivity index (χ1n) is 10.7. The highest BCUT2D eigenvalue weighted by Gasteiger charge is 2.27. The number of nitro groups is 1. The quantitative estimate of drug-likeness (QED) is 0.234. The van der Waals surface area contributed by atoms with Crippen LogP contribution < -0.4 is 19.8 Å². The molecule has 37 heavy (non-hydrogen) atoms. The van der Waals surface area contributed by atoms with Gasteiger partial charge in [-0.05, 0) is 66.2 Å². The van der Waals surface area contributed by atoms with E-state index in [1.165, 1.54) is 80.9 Å². The molecule has 0 saturated carbocycles. The summed E-state index contributed by atoms with van der Waals surface area (Å²) in [6.45, 7) is 0.735. The van der Waals surface area contributed by atoms with Crippen LogP contribution in [0.2, 0.25) is 0 Å². The summed E-state index contributed by atoms with van der Waals surface area (Å²) < 4.78 is 33.0. The Morgan fingerprint density at radius 1 is 1.03 bits per heavy atom. The lowest BCUT2D eigenvalue weighted by Gasteiger charge is -2.24. The molecule has 0 bridgehead atoms. The summed E-state index contributed by atoms with van der Waals surface area (Å²) in [5, 5.41) is 17.1. The molecule has 0 fully saturated rings. The van der Waals surface area contributed by atoms with Gasteiger partial charge in [-0.3, -0.25) is 24.0 Å². The zero-order valence-corrected chi connectivity index (χ0v) is 20.6. The number of methoxy groups -OCH3 is 1. The molecule has 0 spiro atoms. The number of amides is 2. The molecule has 2 amide bonds. The fourth-order valence-electron chi connectivity index (χ4n) is 3.13. The van der Waals surface area contributed by atoms with Crippen LogP contribution in [0.5, 0.6) is 5.75 Å². The first-order chi connectivity index (χ1) is 17.6. The monoisotopic (exact) mass is 525 g/mol. The fourth-order valence-corrected chi connectivity index (χ4v) is 4.55. The summed E-state index contributed by atoms with van der Waals surface area (Å²) in [5.41, 5.74) is 3.29. The maximum Gasteiger partial charge on any atom is 0.269 e. The highest BCUT2D eigenvalue weighted by Crippen LogP contribution is 2.26. The summed E-state index contributed by atoms with van der Waals surface area (Å²) in [7, 11) is -2.73. The van der Waals surface area contributed by atoms with Crippen molar-refractivity contribution in [3.05, 3.63) is 88.5 Å². The summed E-state index contributed by atoms with van der Waals surface area (Å²) in [4.78, 5) is 34.0. The predicted molar refractivity (Wildman–Crippen MR) is 137 cm³/mol. The van der Waals surface area contributed by atoms with Crippen LogP contribution in [0.4, 0.5) is 17.1 Å². The highest BCUT2D eigenvalue weighted by atomic mass is 32.2. The Bertz CT molecular complexity index is 1410. The van der Waals surface area contributed by atoms with E-state index in [2.05, 4.69) is 15.8 Å². The van der Waals surface area contributed by atoms with Crippen LogP contribution in [0.1, 0.15) is 12.5 Å². The maximum atomic E-state index is 13.5. The second-order valence-corrected chi connectivity index (χ2v) is 9.42. The van der Waals surface area contributed by atoms with Crippen LogP contribution in [0.15, 0.2) is 82.8 Å². The van der Waals surface area contributed by atoms with Gasteiger partial charge in [0.1, 0.15) is 12.3 Å². The Hall–Kier alpha value is -4.78. The smallest absolute Gasteiger partial charge is 0.269 e. The first kappa shape index (κ1) is 26.8. The van der Waals surface area contributed by atoms with Crippen molar-refractivity contribution >= 4 is 45.1 Å². The summed E-state index contributed by atoms with van der Waals surface area (Å²) >= 11 is 0. The van der Waals surface area contributed by atoms with Crippen molar-refractivity contribution in [2.24, 2.45) is 5.10 Å². The van der Waals surface area contributed by atoms with Crippen molar-refractivity contribution in [3.63, 3.8) is 0 Å². The van der Waals surface area contributed by atoms with Gasteiger partial charge in [-0.1, -0.05) is 0 Å². The van der Waals surface area contributed by atoms with E-state index < -0.39 is 27.4 Å². The molecule has 3 rings (SSSR count). The van der Waals surface area contributed by atoms with Gasteiger partial charge in [-0.15, -0.1) is 0 Å². The molecule has 0 aliphatic rings. The molecule has 0 aromatic heterocycles. The molecule has 0 aliphatic heterocycles. The number of rotatable bonds is 10. The lowest BCUT2D eigenvalue weighted by Crippen LogP contribution is -2.39. The van der Waals surface area contributed by atoms with Gasteiger partial charge < -0.3 is 10.1 Å². The minimum atomic E-state index is -4.20. The van der Waals surface area contributed by atoms with Crippen molar-refractivity contribution in [1.82, 2.24) is 5.43 Å². The molecule has 2 N–H and O–H groups in total. The van der Waals surface area contributed by atoms with Gasteiger partial charge in [0, 0.05) is 24.7 Å². The summed E-state index contributed by atoms with van der Waals surface area (Å²) in [6, 6.07) is 17.1. The topological polar surface area (TPSA) is 160 Å². The number of anilines is 2. The molecule has 0 unspecified atom stereocenters. The van der Waals surface area contributed by atoms with E-state index >= 15 is 0 Å². The number of hydrogen-bond donors (Lipinski definition) is 2. The zero-order chi connectivity index (χ0) is 27.0. The average Bonchev–Trinajstić information content (AvgIpc) is 2.87. The number of carbonyl (C=O) groups is 2. The van der Waals surface area contributed by atoms with Crippen LogP contribution in [0, 0.1) is 10.1 Å². The first-order valence-corrected chi connectivity index (χ1v) is 12.1. The van der Waals surface area contributed by atoms with E-state index in [0.717, 1.165) is 4.31 Å². The largest absolute Gasteiger partial charge is 0.497 e. The van der Waals surface area contributed by atoms with Crippen molar-refractivity contribution in [2.45, 2.75) is 11.8 Å². The summed E-state index contributed by atoms with van der Waals surface area (Å²) in [5.74, 6) is -0.535. The molecule has 0 aliphatic carbocycles. The SMILES string of the molecule is COc1ccc(N(CC(=O)N/N=C\c2ccc([N+](=O)[O-])cc2)S(=O)(=O)c2ccc(NC(C)=O)cc2)cc1. The Morgan fingerprint density at radius 3 is 2.19 bits per heavy atom. The molecule has 0 atom stereocenters. The number of carbonyl (C=O) groups excluding carboxylic acids is 2. The predicted octanol–water partition coefficient (Wildman–Crippen LogP) is 2.91. The van der Waals surface area contributed by atoms with Gasteiger partial charge in [0.05, 0.1) is 28.8 Å². The molecule has 0 saturated heterocycles. The Kier molecular flexibility index (Phi) is 8.53. The average molecular weight is 526 g/mol. The number of benzene rings is 3. The zero-order valence-electron chi connectivity index (χ0n) is 19.8. The van der Waals surface area contributed by atoms with Gasteiger partial charge in [0.15, 0.2) is 0 Å². The number of nitrogens with zero attached hydrogens (tertiary/aromatic N) is 3. The highest BCUT2D eigenvalue weighted by molar-refractivity contribution is 7.92. The molecule has 192 valence electrons. The Morgan fingerprint density at radius 2 is 1.65 bits per heavy atom. The molecule has 13 heteroatoms. The fraction of sp³-hybridized carbons (Fsp3) is 0.125. The molecule has 0 radical (unpaired) electrons. The van der Waals surface area contributed by atoms with E-state index in [0.29, 0.717) is 17.0 Å². The lowest BCUT2D eigenvalue weighted by molar-refractivity contribution is -0.384. The van der Waals surface area contributed by atoms with E-state index in [4.69, 9.17) is 4.74 Å². The van der Waals surface area contributed by atoms with Gasteiger partial charge in [0.25, 0.3) is 21.6 Å². The minimum absolute atomic E-state index is 0.0911. The molecule has 3 aromatic carbocycles. The van der Waals surface area contributed by atoms with Crippen molar-refractivity contribution in [3.8, 4) is 5.75 Å². The number of non-ortho nitro benzene ring substituents is 1. The van der Waals surface area contributed by atoms with E-state index in [9.17, 15) is 28.1 Å². The van der Waals surface area contributed by atoms with Crippen LogP contribution in [-0.2, 0) is 19.6 Å². The van der Waals surface area contributed by atoms with Crippen molar-refractivity contribution < 1.29 is 27.7 Å². The second-order valence-electron chi connectivity index (χ2n) is 7.56. The standard InChI is InChI=1S/C24H23N5O7S/c1-17(30)26-19-5-13-23(14-6-19)37(34,35)28(20-9-11-22(36-2)12-10-20)16-24(31)27-25-15-18-3-7-21(8-4-18)29(32)33/h3-15H,16H2,1-2H3,(H,26,30)(H,27,31)/b25-15-. The third-order valence-corrected chi connectivity index (χ3v) is 6.71. The third-order valence-electron chi connectivity index (χ3n) is 4.92. The van der Waals surface area contributed by atoms with E-state index in [1.54, 1.807) is 12.1 Å². The van der Waals surface area contributed by atoms with Crippen LogP contribution in [0.25, 0.3) is 0 Å². The minimum Gasteiger partial charge on any atom is -0.497 e. The second kappa shape index (κ2) is 11.8. The molecular weight excluding hydrogens is 502 g/mol. The van der Waals surface area contributed by atoms with Crippen LogP contribution >= 0.6 is 0 Å². The van der Waals surface area contributed by atoms with E-state index in [1.807, 2.05) is 0 Å². The molecular formula is C24H23N5O7S. The van der Waals surface area contributed by atoms with Crippen LogP contribution in [-0.4, -0.2) is 45.0 Å². The van der Waals surface area contributed by atoms with Gasteiger partial charge in [0.2, 0.25) is 5.91 Å². The molecule has 3 aromatic rings. The number of sulfonamides is 1. The Balaban J connectivity index is 1.82. The normalized spacial score (nSPS) is 11.1. The molecule has 12 nitrogen and oxygen atoms in total. The van der Waals surface area contributed by atoms with Gasteiger partial charge in [-0.25, -0.2) is 13.8 Å².